The van der Waals surface area contributed by atoms with Crippen LogP contribution in [0.3, 0.4) is 0 Å². The van der Waals surface area contributed by atoms with Gasteiger partial charge in [-0.3, -0.25) is 14.4 Å². The lowest BCUT2D eigenvalue weighted by Gasteiger charge is -2.43. The van der Waals surface area contributed by atoms with Crippen molar-refractivity contribution in [3.05, 3.63) is 29.8 Å². The Hall–Kier alpha value is -2.75. The van der Waals surface area contributed by atoms with Crippen molar-refractivity contribution in [2.45, 2.75) is 74.6 Å². The van der Waals surface area contributed by atoms with E-state index in [1.54, 1.807) is 38.1 Å². The first kappa shape index (κ1) is 24.9. The minimum Gasteiger partial charge on any atom is -0.494 e. The van der Waals surface area contributed by atoms with Gasteiger partial charge >= 0.3 is 11.9 Å². The molecule has 2 fully saturated rings. The zero-order valence-corrected chi connectivity index (χ0v) is 19.8. The number of carboxylic acid groups (broad SMARTS) is 2. The van der Waals surface area contributed by atoms with E-state index in [0.29, 0.717) is 17.9 Å². The number of carbonyl (C=O) groups is 4. The molecular weight excluding hydrogens is 448 g/mol. The summed E-state index contributed by atoms with van der Waals surface area (Å²) >= 11 is 1.35. The number of benzene rings is 1. The van der Waals surface area contributed by atoms with Crippen LogP contribution < -0.4 is 10.1 Å². The molecular formula is C23H30N2O7S. The number of carbonyl (C=O) groups excluding carboxylic acids is 2. The summed E-state index contributed by atoms with van der Waals surface area (Å²) in [6, 6.07) is 5.08. The number of rotatable bonds is 11. The van der Waals surface area contributed by atoms with Gasteiger partial charge in [-0.05, 0) is 44.4 Å². The van der Waals surface area contributed by atoms with E-state index >= 15 is 0 Å². The number of thioether (sulfide) groups is 1. The van der Waals surface area contributed by atoms with Crippen molar-refractivity contribution in [1.29, 1.82) is 0 Å². The second kappa shape index (κ2) is 10.0. The fourth-order valence-electron chi connectivity index (χ4n) is 4.23. The molecule has 4 atom stereocenters. The van der Waals surface area contributed by atoms with E-state index in [0.717, 1.165) is 12.8 Å². The Kier molecular flexibility index (Phi) is 7.56. The van der Waals surface area contributed by atoms with Crippen LogP contribution in [-0.4, -0.2) is 67.7 Å². The van der Waals surface area contributed by atoms with Gasteiger partial charge in [0.05, 0.1) is 12.5 Å². The lowest BCUT2D eigenvalue weighted by atomic mass is 9.93. The molecule has 3 rings (SSSR count). The van der Waals surface area contributed by atoms with E-state index in [1.807, 2.05) is 0 Å². The molecule has 0 spiro atoms. The van der Waals surface area contributed by atoms with Crippen molar-refractivity contribution in [1.82, 2.24) is 10.2 Å². The van der Waals surface area contributed by atoms with Gasteiger partial charge in [-0.1, -0.05) is 25.5 Å². The van der Waals surface area contributed by atoms with Gasteiger partial charge in [0.2, 0.25) is 11.8 Å². The maximum atomic E-state index is 12.5. The number of nitrogens with zero attached hydrogens (tertiary/aromatic N) is 1. The van der Waals surface area contributed by atoms with Gasteiger partial charge < -0.3 is 25.2 Å². The Morgan fingerprint density at radius 3 is 2.45 bits per heavy atom. The zero-order valence-electron chi connectivity index (χ0n) is 18.9. The summed E-state index contributed by atoms with van der Waals surface area (Å²) in [6.45, 7) is 6.19. The summed E-state index contributed by atoms with van der Waals surface area (Å²) in [7, 11) is 0. The molecule has 0 aromatic heterocycles. The third-order valence-corrected chi connectivity index (χ3v) is 7.57. The number of unbranched alkanes of at least 4 members (excludes halogenated alkanes) is 1. The Morgan fingerprint density at radius 2 is 1.88 bits per heavy atom. The van der Waals surface area contributed by atoms with Crippen LogP contribution in [0, 0.1) is 0 Å². The standard InChI is InChI=1S/C23H30N2O7S/c1-4-5-12-32-14-8-6-13(7-9-14)15(21(28)29)10-11-16(26)24-17-19(27)25-18(22(30)31)23(2,3)33-20(17)25/h6-9,15,17-18,20H,4-5,10-12H2,1-3H3,(H,24,26)(H,28,29)(H,30,31)/t15-,17+,18-,20+/m1/s1. The zero-order chi connectivity index (χ0) is 24.3. The van der Waals surface area contributed by atoms with Gasteiger partial charge in [0.25, 0.3) is 0 Å². The average molecular weight is 479 g/mol. The molecule has 0 bridgehead atoms. The number of ether oxygens (including phenoxy) is 1. The Bertz CT molecular complexity index is 918. The van der Waals surface area contributed by atoms with E-state index in [4.69, 9.17) is 4.74 Å². The summed E-state index contributed by atoms with van der Waals surface area (Å²) in [5, 5.41) is 21.3. The lowest BCUT2D eigenvalue weighted by molar-refractivity contribution is -0.161. The van der Waals surface area contributed by atoms with E-state index in [2.05, 4.69) is 12.2 Å². The van der Waals surface area contributed by atoms with Crippen LogP contribution in [-0.2, 0) is 19.2 Å². The first-order chi connectivity index (χ1) is 15.6. The molecule has 2 saturated heterocycles. The molecule has 2 aliphatic heterocycles. The third-order valence-electron chi connectivity index (χ3n) is 6.00. The molecule has 33 heavy (non-hydrogen) atoms. The van der Waals surface area contributed by atoms with E-state index in [-0.39, 0.29) is 12.8 Å². The molecule has 10 heteroatoms. The van der Waals surface area contributed by atoms with Crippen LogP contribution in [0.2, 0.25) is 0 Å². The summed E-state index contributed by atoms with van der Waals surface area (Å²) in [5.41, 5.74) is 0.571. The quantitative estimate of drug-likeness (QED) is 0.326. The highest BCUT2D eigenvalue weighted by atomic mass is 32.2. The first-order valence-electron chi connectivity index (χ1n) is 11.0. The van der Waals surface area contributed by atoms with Gasteiger partial charge in [-0.15, -0.1) is 11.8 Å². The smallest absolute Gasteiger partial charge is 0.327 e. The molecule has 9 nitrogen and oxygen atoms in total. The van der Waals surface area contributed by atoms with Crippen LogP contribution in [0.1, 0.15) is 57.9 Å². The fraction of sp³-hybridized carbons (Fsp3) is 0.565. The van der Waals surface area contributed by atoms with Crippen LogP contribution in [0.25, 0.3) is 0 Å². The van der Waals surface area contributed by atoms with Crippen molar-refractivity contribution in [3.8, 4) is 5.75 Å². The summed E-state index contributed by atoms with van der Waals surface area (Å²) in [5.74, 6) is -3.17. The van der Waals surface area contributed by atoms with Gasteiger partial charge in [0, 0.05) is 11.2 Å². The molecule has 180 valence electrons. The number of carboxylic acids is 2. The van der Waals surface area contributed by atoms with E-state index in [9.17, 15) is 29.4 Å². The number of hydrogen-bond acceptors (Lipinski definition) is 6. The predicted molar refractivity (Wildman–Crippen MR) is 122 cm³/mol. The van der Waals surface area contributed by atoms with E-state index < -0.39 is 51.9 Å². The summed E-state index contributed by atoms with van der Waals surface area (Å²) < 4.78 is 4.92. The highest BCUT2D eigenvalue weighted by molar-refractivity contribution is 8.01. The van der Waals surface area contributed by atoms with Crippen molar-refractivity contribution in [2.24, 2.45) is 0 Å². The molecule has 0 saturated carbocycles. The van der Waals surface area contributed by atoms with Crippen LogP contribution in [0.15, 0.2) is 24.3 Å². The van der Waals surface area contributed by atoms with Gasteiger partial charge in [0.15, 0.2) is 0 Å². The number of nitrogens with one attached hydrogen (secondary N) is 1. The predicted octanol–water partition coefficient (Wildman–Crippen LogP) is 2.45. The highest BCUT2D eigenvalue weighted by Gasteiger charge is 2.64. The second-order valence-corrected chi connectivity index (χ2v) is 10.6. The van der Waals surface area contributed by atoms with Crippen LogP contribution in [0.4, 0.5) is 0 Å². The molecule has 2 heterocycles. The number of amides is 2. The first-order valence-corrected chi connectivity index (χ1v) is 11.9. The van der Waals surface area contributed by atoms with Crippen molar-refractivity contribution in [3.63, 3.8) is 0 Å². The largest absolute Gasteiger partial charge is 0.494 e. The number of β-lactam (4-membered cyclic amide) rings is 1. The topological polar surface area (TPSA) is 133 Å². The maximum absolute atomic E-state index is 12.5. The molecule has 2 aliphatic rings. The lowest BCUT2D eigenvalue weighted by Crippen LogP contribution is -2.70. The molecule has 3 N–H and O–H groups in total. The van der Waals surface area contributed by atoms with Crippen molar-refractivity contribution < 1.29 is 34.1 Å². The normalized spacial score (nSPS) is 23.9. The molecule has 2 amide bonds. The van der Waals surface area contributed by atoms with E-state index in [1.165, 1.54) is 16.7 Å². The molecule has 0 aliphatic carbocycles. The maximum Gasteiger partial charge on any atom is 0.327 e. The SMILES string of the molecule is CCCCOc1ccc([C@@H](CCC(=O)N[C@H]2C(=O)N3[C@H]2SC(C)(C)[C@H]3C(=O)O)C(=O)O)cc1. The van der Waals surface area contributed by atoms with Gasteiger partial charge in [-0.2, -0.15) is 0 Å². The van der Waals surface area contributed by atoms with Gasteiger partial charge in [-0.25, -0.2) is 4.79 Å². The molecule has 0 unspecified atom stereocenters. The van der Waals surface area contributed by atoms with Crippen molar-refractivity contribution in [2.75, 3.05) is 6.61 Å². The average Bonchev–Trinajstić information content (AvgIpc) is 3.01. The number of fused-ring (bicyclic) bond motifs is 1. The molecule has 0 radical (unpaired) electrons. The van der Waals surface area contributed by atoms with Crippen molar-refractivity contribution >= 4 is 35.5 Å². The Balaban J connectivity index is 1.55. The van der Waals surface area contributed by atoms with Crippen LogP contribution in [0.5, 0.6) is 5.75 Å². The Labute approximate surface area is 196 Å². The summed E-state index contributed by atoms with van der Waals surface area (Å²) in [6.07, 6.45) is 1.95. The van der Waals surface area contributed by atoms with Crippen LogP contribution >= 0.6 is 11.8 Å². The molecule has 1 aromatic carbocycles. The summed E-state index contributed by atoms with van der Waals surface area (Å²) in [4.78, 5) is 49.7. The minimum atomic E-state index is -1.07. The Morgan fingerprint density at radius 1 is 1.21 bits per heavy atom. The second-order valence-electron chi connectivity index (χ2n) is 8.84. The minimum absolute atomic E-state index is 0.0708. The number of hydrogen-bond donors (Lipinski definition) is 3. The monoisotopic (exact) mass is 478 g/mol. The van der Waals surface area contributed by atoms with Gasteiger partial charge in [0.1, 0.15) is 23.2 Å². The molecule has 1 aromatic rings. The number of aliphatic carboxylic acids is 2. The fourth-order valence-corrected chi connectivity index (χ4v) is 5.86. The highest BCUT2D eigenvalue weighted by Crippen LogP contribution is 2.50. The third kappa shape index (κ3) is 5.26.